The Hall–Kier alpha value is -0.530. The lowest BCUT2D eigenvalue weighted by Crippen LogP contribution is -2.66. The molecule has 188 valence electrons. The van der Waals surface area contributed by atoms with Crippen LogP contribution in [0.1, 0.15) is 119 Å². The van der Waals surface area contributed by atoms with Crippen LogP contribution < -0.4 is 0 Å². The van der Waals surface area contributed by atoms with Crippen molar-refractivity contribution < 1.29 is 9.53 Å². The minimum absolute atomic E-state index is 0.120. The van der Waals surface area contributed by atoms with E-state index >= 15 is 0 Å². The van der Waals surface area contributed by atoms with Gasteiger partial charge in [0.05, 0.1) is 12.5 Å². The molecule has 0 N–H and O–H groups in total. The fraction of sp³-hybridized carbons (Fsp3) is 0.968. The number of esters is 1. The highest BCUT2D eigenvalue weighted by molar-refractivity contribution is 5.78. The van der Waals surface area contributed by atoms with Crippen LogP contribution in [0, 0.1) is 62.6 Å². The van der Waals surface area contributed by atoms with Gasteiger partial charge in [-0.3, -0.25) is 4.79 Å². The molecule has 0 amide bonds. The normalized spacial score (nSPS) is 52.9. The van der Waals surface area contributed by atoms with Crippen molar-refractivity contribution in [1.82, 2.24) is 0 Å². The van der Waals surface area contributed by atoms with Gasteiger partial charge in [0.25, 0.3) is 0 Å². The highest BCUT2D eigenvalue weighted by Gasteiger charge is 2.71. The van der Waals surface area contributed by atoms with Crippen LogP contribution in [0.5, 0.6) is 0 Å². The van der Waals surface area contributed by atoms with E-state index in [0.29, 0.717) is 45.3 Å². The van der Waals surface area contributed by atoms with E-state index in [4.69, 9.17) is 4.74 Å². The zero-order valence-electron chi connectivity index (χ0n) is 23.1. The summed E-state index contributed by atoms with van der Waals surface area (Å²) >= 11 is 0. The third-order valence-electron chi connectivity index (χ3n) is 13.7. The zero-order chi connectivity index (χ0) is 24.0. The summed E-state index contributed by atoms with van der Waals surface area (Å²) in [5, 5.41) is 0. The van der Waals surface area contributed by atoms with E-state index in [-0.39, 0.29) is 11.4 Å². The lowest BCUT2D eigenvalue weighted by Gasteiger charge is -2.72. The first-order valence-corrected chi connectivity index (χ1v) is 14.5. The van der Waals surface area contributed by atoms with E-state index in [1.807, 2.05) is 0 Å². The van der Waals surface area contributed by atoms with Gasteiger partial charge in [0.2, 0.25) is 0 Å². The Bertz CT molecular complexity index is 799. The molecule has 0 radical (unpaired) electrons. The van der Waals surface area contributed by atoms with Gasteiger partial charge >= 0.3 is 5.97 Å². The van der Waals surface area contributed by atoms with E-state index in [1.165, 1.54) is 57.8 Å². The summed E-state index contributed by atoms with van der Waals surface area (Å²) in [6, 6.07) is 0. The van der Waals surface area contributed by atoms with Gasteiger partial charge in [-0.15, -0.1) is 0 Å². The maximum absolute atomic E-state index is 13.4. The first-order chi connectivity index (χ1) is 15.4. The van der Waals surface area contributed by atoms with Gasteiger partial charge in [0.1, 0.15) is 0 Å². The average molecular weight is 457 g/mol. The van der Waals surface area contributed by atoms with Gasteiger partial charge in [-0.1, -0.05) is 54.9 Å². The Morgan fingerprint density at radius 3 is 2.18 bits per heavy atom. The minimum atomic E-state index is -0.203. The number of ether oxygens (including phenoxy) is 1. The quantitative estimate of drug-likeness (QED) is 0.391. The van der Waals surface area contributed by atoms with Crippen LogP contribution in [0.4, 0.5) is 0 Å². The summed E-state index contributed by atoms with van der Waals surface area (Å²) in [4.78, 5) is 13.4. The Balaban J connectivity index is 1.56. The molecule has 2 nitrogen and oxygen atoms in total. The molecule has 0 aromatic carbocycles. The number of fused-ring (bicyclic) bond motifs is 7. The lowest BCUT2D eigenvalue weighted by molar-refractivity contribution is -0.240. The van der Waals surface area contributed by atoms with Crippen molar-refractivity contribution >= 4 is 5.97 Å². The first kappa shape index (κ1) is 24.2. The predicted molar refractivity (Wildman–Crippen MR) is 136 cm³/mol. The Morgan fingerprint density at radius 1 is 0.788 bits per heavy atom. The van der Waals surface area contributed by atoms with Crippen molar-refractivity contribution in [3.05, 3.63) is 0 Å². The van der Waals surface area contributed by atoms with Gasteiger partial charge in [-0.05, 0) is 121 Å². The molecule has 0 heterocycles. The van der Waals surface area contributed by atoms with Crippen LogP contribution >= 0.6 is 0 Å². The van der Waals surface area contributed by atoms with Gasteiger partial charge in [0, 0.05) is 0 Å². The van der Waals surface area contributed by atoms with Crippen LogP contribution in [0.3, 0.4) is 0 Å². The molecular weight excluding hydrogens is 404 g/mol. The van der Waals surface area contributed by atoms with E-state index in [1.54, 1.807) is 7.11 Å². The molecule has 5 saturated carbocycles. The highest BCUT2D eigenvalue weighted by atomic mass is 16.5. The molecule has 0 bridgehead atoms. The molecule has 0 aromatic rings. The molecule has 5 aliphatic carbocycles. The van der Waals surface area contributed by atoms with E-state index in [9.17, 15) is 4.79 Å². The van der Waals surface area contributed by atoms with Gasteiger partial charge in [-0.2, -0.15) is 0 Å². The summed E-state index contributed by atoms with van der Waals surface area (Å²) in [6.07, 6.45) is 14.4. The average Bonchev–Trinajstić information content (AvgIpc) is 3.14. The highest BCUT2D eigenvalue weighted by Crippen LogP contribution is 2.77. The molecule has 9 atom stereocenters. The fourth-order valence-electron chi connectivity index (χ4n) is 12.0. The molecule has 4 unspecified atom stereocenters. The summed E-state index contributed by atoms with van der Waals surface area (Å²) in [7, 11) is 1.63. The molecule has 0 aromatic heterocycles. The Kier molecular flexibility index (Phi) is 5.49. The number of hydrogen-bond donors (Lipinski definition) is 0. The largest absolute Gasteiger partial charge is 0.469 e. The Labute approximate surface area is 204 Å². The number of carbonyl (C=O) groups is 1. The standard InChI is InChI=1S/C31H52O2/c1-20(2)21-12-17-31(26(32)33-8)19-18-29(6)22(25(21)31)10-11-24-28(5)15-9-14-27(3,4)23(28)13-16-30(24,29)7/h20-25H,9-19H2,1-8H3/t21-,22?,23?,24?,25?,28-,29+,30+,31-/m0/s1. The minimum Gasteiger partial charge on any atom is -0.469 e. The molecular formula is C31H52O2. The summed E-state index contributed by atoms with van der Waals surface area (Å²) in [6.45, 7) is 18.1. The second kappa shape index (κ2) is 7.49. The van der Waals surface area contributed by atoms with Crippen molar-refractivity contribution in [2.75, 3.05) is 7.11 Å². The SMILES string of the molecule is COC(=O)[C@]12CC[C@@H](C(C)C)C1C1CCC3[C@@]4(C)CCCC(C)(C)C4CC[C@@]3(C)[C@]1(C)CC2. The third kappa shape index (κ3) is 2.94. The monoisotopic (exact) mass is 456 g/mol. The maximum atomic E-state index is 13.4. The molecule has 5 rings (SSSR count). The summed E-state index contributed by atoms with van der Waals surface area (Å²) in [5.74, 6) is 4.37. The summed E-state index contributed by atoms with van der Waals surface area (Å²) < 4.78 is 5.54. The van der Waals surface area contributed by atoms with Gasteiger partial charge < -0.3 is 4.74 Å². The molecule has 5 fully saturated rings. The van der Waals surface area contributed by atoms with Crippen LogP contribution in [0.2, 0.25) is 0 Å². The fourth-order valence-corrected chi connectivity index (χ4v) is 12.0. The van der Waals surface area contributed by atoms with Crippen molar-refractivity contribution in [3.63, 3.8) is 0 Å². The molecule has 33 heavy (non-hydrogen) atoms. The second-order valence-corrected chi connectivity index (χ2v) is 15.1. The zero-order valence-corrected chi connectivity index (χ0v) is 23.1. The number of hydrogen-bond acceptors (Lipinski definition) is 2. The van der Waals surface area contributed by atoms with Crippen LogP contribution in [0.15, 0.2) is 0 Å². The Morgan fingerprint density at radius 2 is 1.52 bits per heavy atom. The van der Waals surface area contributed by atoms with Crippen LogP contribution in [-0.2, 0) is 9.53 Å². The third-order valence-corrected chi connectivity index (χ3v) is 13.7. The van der Waals surface area contributed by atoms with E-state index in [2.05, 4.69) is 48.5 Å². The molecule has 0 saturated heterocycles. The van der Waals surface area contributed by atoms with Crippen molar-refractivity contribution in [2.24, 2.45) is 62.6 Å². The molecule has 0 spiro atoms. The van der Waals surface area contributed by atoms with E-state index < -0.39 is 0 Å². The molecule has 2 heteroatoms. The summed E-state index contributed by atoms with van der Waals surface area (Å²) in [5.41, 5.74) is 1.54. The van der Waals surface area contributed by atoms with Crippen molar-refractivity contribution in [1.29, 1.82) is 0 Å². The lowest BCUT2D eigenvalue weighted by atomic mass is 9.32. The number of methoxy groups -OCH3 is 1. The first-order valence-electron chi connectivity index (χ1n) is 14.5. The van der Waals surface area contributed by atoms with Crippen LogP contribution in [-0.4, -0.2) is 13.1 Å². The van der Waals surface area contributed by atoms with Gasteiger partial charge in [0.15, 0.2) is 0 Å². The van der Waals surface area contributed by atoms with Gasteiger partial charge in [-0.25, -0.2) is 0 Å². The molecule has 0 aliphatic heterocycles. The second-order valence-electron chi connectivity index (χ2n) is 15.1. The number of rotatable bonds is 2. The predicted octanol–water partition coefficient (Wildman–Crippen LogP) is 8.29. The van der Waals surface area contributed by atoms with E-state index in [0.717, 1.165) is 24.7 Å². The smallest absolute Gasteiger partial charge is 0.312 e. The van der Waals surface area contributed by atoms with Crippen molar-refractivity contribution in [3.8, 4) is 0 Å². The maximum Gasteiger partial charge on any atom is 0.312 e. The van der Waals surface area contributed by atoms with Crippen molar-refractivity contribution in [2.45, 2.75) is 119 Å². The molecule has 5 aliphatic rings. The topological polar surface area (TPSA) is 26.3 Å². The van der Waals surface area contributed by atoms with Crippen LogP contribution in [0.25, 0.3) is 0 Å². The number of carbonyl (C=O) groups excluding carboxylic acids is 1.